The number of carboxylic acids is 1. The molecule has 0 bridgehead atoms. The van der Waals surface area contributed by atoms with Gasteiger partial charge in [-0.1, -0.05) is 0 Å². The van der Waals surface area contributed by atoms with Gasteiger partial charge < -0.3 is 14.8 Å². The Kier molecular flexibility index (Phi) is 3.33. The van der Waals surface area contributed by atoms with Crippen molar-refractivity contribution in [1.82, 2.24) is 4.98 Å². The number of benzene rings is 1. The van der Waals surface area contributed by atoms with Gasteiger partial charge in [0.2, 0.25) is 5.56 Å². The second kappa shape index (κ2) is 4.93. The number of hydrogen-bond donors (Lipinski definition) is 2. The Balaban J connectivity index is 2.65. The molecule has 0 spiro atoms. The molecule has 98 valence electrons. The number of halogens is 1. The predicted molar refractivity (Wildman–Crippen MR) is 66.0 cm³/mol. The highest BCUT2D eigenvalue weighted by atomic mass is 19.1. The third-order valence-electron chi connectivity index (χ3n) is 2.62. The normalized spacial score (nSPS) is 10.2. The van der Waals surface area contributed by atoms with Crippen LogP contribution in [0.1, 0.15) is 10.4 Å². The van der Waals surface area contributed by atoms with Gasteiger partial charge in [0.05, 0.1) is 12.7 Å². The highest BCUT2D eigenvalue weighted by Gasteiger charge is 2.16. The Labute approximate surface area is 107 Å². The molecule has 0 saturated carbocycles. The number of nitrogens with one attached hydrogen (secondary N) is 1. The van der Waals surface area contributed by atoms with Crippen LogP contribution in [0, 0.1) is 5.82 Å². The second-order valence-electron chi connectivity index (χ2n) is 3.78. The van der Waals surface area contributed by atoms with Gasteiger partial charge >= 0.3 is 5.97 Å². The van der Waals surface area contributed by atoms with E-state index in [1.807, 2.05) is 0 Å². The smallest absolute Gasteiger partial charge is 0.336 e. The van der Waals surface area contributed by atoms with E-state index in [9.17, 15) is 14.0 Å². The zero-order valence-electron chi connectivity index (χ0n) is 9.94. The molecule has 0 amide bonds. The summed E-state index contributed by atoms with van der Waals surface area (Å²) in [6.07, 6.45) is 1.18. The molecule has 0 aliphatic carbocycles. The van der Waals surface area contributed by atoms with Crippen LogP contribution in [0.2, 0.25) is 0 Å². The fourth-order valence-electron chi connectivity index (χ4n) is 1.71. The van der Waals surface area contributed by atoms with Crippen LogP contribution in [-0.2, 0) is 0 Å². The molecule has 2 rings (SSSR count). The number of ether oxygens (including phenoxy) is 1. The number of aromatic carboxylic acids is 1. The van der Waals surface area contributed by atoms with Crippen LogP contribution in [-0.4, -0.2) is 23.2 Å². The largest absolute Gasteiger partial charge is 0.497 e. The molecule has 1 heterocycles. The van der Waals surface area contributed by atoms with Gasteiger partial charge in [0.25, 0.3) is 0 Å². The molecule has 0 unspecified atom stereocenters. The van der Waals surface area contributed by atoms with Gasteiger partial charge in [-0.15, -0.1) is 0 Å². The van der Waals surface area contributed by atoms with E-state index in [-0.39, 0.29) is 16.7 Å². The molecule has 0 aliphatic rings. The maximum atomic E-state index is 13.9. The topological polar surface area (TPSA) is 79.4 Å². The van der Waals surface area contributed by atoms with Gasteiger partial charge in [0.15, 0.2) is 0 Å². The summed E-state index contributed by atoms with van der Waals surface area (Å²) in [5.41, 5.74) is -0.635. The number of aromatic amines is 1. The average molecular weight is 263 g/mol. The molecule has 19 heavy (non-hydrogen) atoms. The van der Waals surface area contributed by atoms with E-state index >= 15 is 0 Å². The van der Waals surface area contributed by atoms with E-state index < -0.39 is 17.3 Å². The number of aromatic nitrogens is 1. The Morgan fingerprint density at radius 3 is 2.63 bits per heavy atom. The van der Waals surface area contributed by atoms with E-state index in [1.165, 1.54) is 25.4 Å². The summed E-state index contributed by atoms with van der Waals surface area (Å²) in [6.45, 7) is 0. The minimum absolute atomic E-state index is 0.0782. The molecule has 5 nitrogen and oxygen atoms in total. The Morgan fingerprint density at radius 1 is 1.32 bits per heavy atom. The Hall–Kier alpha value is -2.63. The second-order valence-corrected chi connectivity index (χ2v) is 3.78. The molecule has 0 fully saturated rings. The van der Waals surface area contributed by atoms with E-state index in [0.717, 1.165) is 12.1 Å². The van der Waals surface area contributed by atoms with Crippen LogP contribution in [0.3, 0.4) is 0 Å². The molecular weight excluding hydrogens is 253 g/mol. The first-order valence-electron chi connectivity index (χ1n) is 5.33. The first-order valence-corrected chi connectivity index (χ1v) is 5.33. The molecule has 2 aromatic rings. The van der Waals surface area contributed by atoms with E-state index in [4.69, 9.17) is 9.84 Å². The zero-order valence-corrected chi connectivity index (χ0v) is 9.94. The molecule has 0 atom stereocenters. The van der Waals surface area contributed by atoms with Crippen molar-refractivity contribution in [2.45, 2.75) is 0 Å². The fraction of sp³-hybridized carbons (Fsp3) is 0.0769. The number of methoxy groups -OCH3 is 1. The number of pyridine rings is 1. The number of rotatable bonds is 3. The van der Waals surface area contributed by atoms with E-state index in [0.29, 0.717) is 5.75 Å². The van der Waals surface area contributed by atoms with E-state index in [2.05, 4.69) is 4.98 Å². The standard InChI is InChI=1S/C13H10FNO4/c1-19-7-2-3-8(11(14)4-7)10-6-15-12(16)5-9(10)13(17)18/h2-6H,1H3,(H,15,16)(H,17,18). The summed E-state index contributed by atoms with van der Waals surface area (Å²) in [4.78, 5) is 24.5. The lowest BCUT2D eigenvalue weighted by molar-refractivity contribution is 0.0697. The van der Waals surface area contributed by atoms with Crippen LogP contribution in [0.5, 0.6) is 5.75 Å². The van der Waals surface area contributed by atoms with Crippen molar-refractivity contribution in [3.05, 3.63) is 52.2 Å². The monoisotopic (exact) mass is 263 g/mol. The first-order chi connectivity index (χ1) is 9.02. The quantitative estimate of drug-likeness (QED) is 0.886. The highest BCUT2D eigenvalue weighted by Crippen LogP contribution is 2.27. The summed E-state index contributed by atoms with van der Waals surface area (Å²) in [6, 6.07) is 4.97. The van der Waals surface area contributed by atoms with Crippen molar-refractivity contribution >= 4 is 5.97 Å². The van der Waals surface area contributed by atoms with E-state index in [1.54, 1.807) is 0 Å². The maximum Gasteiger partial charge on any atom is 0.336 e. The third-order valence-corrected chi connectivity index (χ3v) is 2.62. The third kappa shape index (κ3) is 2.47. The molecule has 2 N–H and O–H groups in total. The summed E-state index contributed by atoms with van der Waals surface area (Å²) < 4.78 is 18.8. The average Bonchev–Trinajstić information content (AvgIpc) is 2.39. The number of carboxylic acid groups (broad SMARTS) is 1. The number of carbonyl (C=O) groups is 1. The lowest BCUT2D eigenvalue weighted by Crippen LogP contribution is -2.10. The Morgan fingerprint density at radius 2 is 2.05 bits per heavy atom. The van der Waals surface area contributed by atoms with Gasteiger partial charge in [-0.3, -0.25) is 4.79 Å². The van der Waals surface area contributed by atoms with Crippen molar-refractivity contribution in [3.63, 3.8) is 0 Å². The van der Waals surface area contributed by atoms with Gasteiger partial charge in [0.1, 0.15) is 11.6 Å². The summed E-state index contributed by atoms with van der Waals surface area (Å²) >= 11 is 0. The van der Waals surface area contributed by atoms with Crippen LogP contribution in [0.25, 0.3) is 11.1 Å². The van der Waals surface area contributed by atoms with Crippen molar-refractivity contribution in [3.8, 4) is 16.9 Å². The molecule has 1 aromatic carbocycles. The van der Waals surface area contributed by atoms with Crippen molar-refractivity contribution in [1.29, 1.82) is 0 Å². The van der Waals surface area contributed by atoms with Gasteiger partial charge in [-0.05, 0) is 12.1 Å². The molecule has 0 saturated heterocycles. The predicted octanol–water partition coefficient (Wildman–Crippen LogP) is 1.89. The lowest BCUT2D eigenvalue weighted by atomic mass is 10.0. The summed E-state index contributed by atoms with van der Waals surface area (Å²) in [5.74, 6) is -1.60. The zero-order chi connectivity index (χ0) is 14.0. The SMILES string of the molecule is COc1ccc(-c2c[nH]c(=O)cc2C(=O)O)c(F)c1. The molecule has 6 heteroatoms. The lowest BCUT2D eigenvalue weighted by Gasteiger charge is -2.08. The maximum absolute atomic E-state index is 13.9. The van der Waals surface area contributed by atoms with Crippen LogP contribution < -0.4 is 10.3 Å². The van der Waals surface area contributed by atoms with Crippen molar-refractivity contribution in [2.75, 3.05) is 7.11 Å². The first kappa shape index (κ1) is 12.8. The summed E-state index contributed by atoms with van der Waals surface area (Å²) in [7, 11) is 1.40. The van der Waals surface area contributed by atoms with Crippen LogP contribution in [0.4, 0.5) is 4.39 Å². The van der Waals surface area contributed by atoms with Gasteiger partial charge in [0, 0.05) is 29.5 Å². The minimum Gasteiger partial charge on any atom is -0.497 e. The van der Waals surface area contributed by atoms with Gasteiger partial charge in [-0.2, -0.15) is 0 Å². The number of hydrogen-bond acceptors (Lipinski definition) is 3. The highest BCUT2D eigenvalue weighted by molar-refractivity contribution is 5.95. The molecule has 0 radical (unpaired) electrons. The van der Waals surface area contributed by atoms with Crippen molar-refractivity contribution < 1.29 is 19.0 Å². The van der Waals surface area contributed by atoms with Crippen LogP contribution in [0.15, 0.2) is 35.3 Å². The Bertz CT molecular complexity index is 693. The van der Waals surface area contributed by atoms with Crippen LogP contribution >= 0.6 is 0 Å². The van der Waals surface area contributed by atoms with Gasteiger partial charge in [-0.25, -0.2) is 9.18 Å². The summed E-state index contributed by atoms with van der Waals surface area (Å²) in [5, 5.41) is 9.04. The molecular formula is C13H10FNO4. The molecule has 1 aromatic heterocycles. The van der Waals surface area contributed by atoms with Crippen molar-refractivity contribution in [2.24, 2.45) is 0 Å². The minimum atomic E-state index is -1.30. The molecule has 0 aliphatic heterocycles. The number of H-pyrrole nitrogens is 1. The fourth-order valence-corrected chi connectivity index (χ4v) is 1.71.